The number of fused-ring (bicyclic) bond motifs is 1. The molecule has 1 amide bonds. The van der Waals surface area contributed by atoms with Gasteiger partial charge in [-0.15, -0.1) is 0 Å². The van der Waals surface area contributed by atoms with Crippen molar-refractivity contribution in [2.45, 2.75) is 26.1 Å². The number of hydrogen-bond acceptors (Lipinski definition) is 4. The minimum atomic E-state index is -0.240. The van der Waals surface area contributed by atoms with E-state index >= 15 is 0 Å². The van der Waals surface area contributed by atoms with Crippen molar-refractivity contribution in [1.82, 2.24) is 19.9 Å². The fourth-order valence-corrected chi connectivity index (χ4v) is 3.32. The van der Waals surface area contributed by atoms with Crippen LogP contribution in [0.2, 0.25) is 5.02 Å². The number of halogens is 2. The maximum Gasteiger partial charge on any atom is 0.204 e. The van der Waals surface area contributed by atoms with Crippen LogP contribution in [0.15, 0.2) is 66.9 Å². The molecule has 2 aromatic carbocycles. The smallest absolute Gasteiger partial charge is 0.204 e. The van der Waals surface area contributed by atoms with Crippen molar-refractivity contribution in [1.29, 1.82) is 0 Å². The molecule has 4 rings (SSSR count). The van der Waals surface area contributed by atoms with Gasteiger partial charge in [0.05, 0.1) is 13.1 Å². The van der Waals surface area contributed by atoms with Crippen molar-refractivity contribution >= 4 is 29.2 Å². The Morgan fingerprint density at radius 1 is 1.16 bits per heavy atom. The summed E-state index contributed by atoms with van der Waals surface area (Å²) in [6, 6.07) is 18.3. The number of nitrogens with zero attached hydrogens (tertiary/aromatic N) is 3. The Morgan fingerprint density at radius 2 is 1.84 bits per heavy atom. The van der Waals surface area contributed by atoms with Gasteiger partial charge >= 0.3 is 0 Å². The third-order valence-electron chi connectivity index (χ3n) is 4.77. The minimum Gasteiger partial charge on any atom is -0.372 e. The van der Waals surface area contributed by atoms with Crippen molar-refractivity contribution in [3.63, 3.8) is 0 Å². The first kappa shape index (κ1) is 22.4. The van der Waals surface area contributed by atoms with Gasteiger partial charge in [-0.05, 0) is 54.4 Å². The average Bonchev–Trinajstić information content (AvgIpc) is 3.12. The van der Waals surface area contributed by atoms with Gasteiger partial charge in [0.15, 0.2) is 5.65 Å². The van der Waals surface area contributed by atoms with Gasteiger partial charge in [-0.2, -0.15) is 0 Å². The third-order valence-corrected chi connectivity index (χ3v) is 5.03. The van der Waals surface area contributed by atoms with E-state index in [1.807, 2.05) is 36.4 Å². The SMILES string of the molecule is CC(NCc1nc2cccnc2n1Cc1ccc(F)cc1)c1ccc(Cl)cc1.NC=O. The van der Waals surface area contributed by atoms with E-state index in [0.29, 0.717) is 13.1 Å². The van der Waals surface area contributed by atoms with E-state index in [0.717, 1.165) is 33.1 Å². The Balaban J connectivity index is 0.000000858. The van der Waals surface area contributed by atoms with Crippen molar-refractivity contribution in [3.8, 4) is 0 Å². The van der Waals surface area contributed by atoms with E-state index in [9.17, 15) is 4.39 Å². The van der Waals surface area contributed by atoms with E-state index in [-0.39, 0.29) is 18.3 Å². The number of hydrogen-bond donors (Lipinski definition) is 2. The first-order chi connectivity index (χ1) is 15.0. The predicted octanol–water partition coefficient (Wildman–Crippen LogP) is 4.22. The van der Waals surface area contributed by atoms with Crippen molar-refractivity contribution in [2.75, 3.05) is 0 Å². The van der Waals surface area contributed by atoms with Crippen LogP contribution in [0.5, 0.6) is 0 Å². The first-order valence-electron chi connectivity index (χ1n) is 9.70. The summed E-state index contributed by atoms with van der Waals surface area (Å²) in [6.07, 6.45) is 2.01. The molecule has 0 radical (unpaired) electrons. The summed E-state index contributed by atoms with van der Waals surface area (Å²) < 4.78 is 15.3. The Labute approximate surface area is 184 Å². The molecule has 31 heavy (non-hydrogen) atoms. The molecule has 0 saturated carbocycles. The maximum atomic E-state index is 13.2. The number of benzene rings is 2. The first-order valence-corrected chi connectivity index (χ1v) is 10.1. The van der Waals surface area contributed by atoms with E-state index < -0.39 is 0 Å². The van der Waals surface area contributed by atoms with Gasteiger partial charge in [-0.25, -0.2) is 14.4 Å². The van der Waals surface area contributed by atoms with Gasteiger partial charge in [0, 0.05) is 17.3 Å². The van der Waals surface area contributed by atoms with Crippen LogP contribution < -0.4 is 11.1 Å². The molecule has 0 saturated heterocycles. The molecule has 1 unspecified atom stereocenters. The Morgan fingerprint density at radius 3 is 2.52 bits per heavy atom. The zero-order chi connectivity index (χ0) is 22.2. The molecule has 0 bridgehead atoms. The maximum absolute atomic E-state index is 13.2. The molecule has 0 spiro atoms. The minimum absolute atomic E-state index is 0.143. The van der Waals surface area contributed by atoms with E-state index in [2.05, 4.69) is 27.5 Å². The van der Waals surface area contributed by atoms with Gasteiger partial charge in [-0.1, -0.05) is 35.9 Å². The highest BCUT2D eigenvalue weighted by atomic mass is 35.5. The quantitative estimate of drug-likeness (QED) is 0.440. The Hall–Kier alpha value is -3.29. The van der Waals surface area contributed by atoms with Gasteiger partial charge in [0.25, 0.3) is 0 Å². The number of nitrogens with one attached hydrogen (secondary N) is 1. The molecular formula is C23H23ClFN5O. The summed E-state index contributed by atoms with van der Waals surface area (Å²) in [6.45, 7) is 3.27. The molecule has 0 aliphatic carbocycles. The predicted molar refractivity (Wildman–Crippen MR) is 120 cm³/mol. The number of pyridine rings is 1. The highest BCUT2D eigenvalue weighted by Gasteiger charge is 2.14. The van der Waals surface area contributed by atoms with Crippen LogP contribution in [-0.2, 0) is 17.9 Å². The van der Waals surface area contributed by atoms with Crippen LogP contribution in [0.25, 0.3) is 11.2 Å². The highest BCUT2D eigenvalue weighted by Crippen LogP contribution is 2.19. The summed E-state index contributed by atoms with van der Waals surface area (Å²) >= 11 is 5.98. The van der Waals surface area contributed by atoms with Crippen molar-refractivity contribution < 1.29 is 9.18 Å². The van der Waals surface area contributed by atoms with Crippen LogP contribution in [0.1, 0.15) is 29.9 Å². The molecule has 8 heteroatoms. The number of rotatable bonds is 6. The van der Waals surface area contributed by atoms with Gasteiger partial charge in [0.1, 0.15) is 17.2 Å². The second-order valence-corrected chi connectivity index (χ2v) is 7.31. The normalized spacial score (nSPS) is 11.6. The third kappa shape index (κ3) is 5.87. The van der Waals surface area contributed by atoms with E-state index in [4.69, 9.17) is 21.4 Å². The van der Waals surface area contributed by atoms with Crippen molar-refractivity contribution in [3.05, 3.63) is 94.7 Å². The lowest BCUT2D eigenvalue weighted by Gasteiger charge is -2.15. The van der Waals surface area contributed by atoms with Crippen LogP contribution in [-0.4, -0.2) is 20.9 Å². The lowest BCUT2D eigenvalue weighted by Crippen LogP contribution is -2.21. The molecule has 3 N–H and O–H groups in total. The van der Waals surface area contributed by atoms with Crippen LogP contribution in [0, 0.1) is 5.82 Å². The molecule has 2 aromatic heterocycles. The zero-order valence-electron chi connectivity index (χ0n) is 17.0. The van der Waals surface area contributed by atoms with Gasteiger partial charge in [-0.3, -0.25) is 4.79 Å². The molecule has 0 aliphatic heterocycles. The number of carbonyl (C=O) groups excluding carboxylic acids is 1. The summed E-state index contributed by atoms with van der Waals surface area (Å²) in [7, 11) is 0. The fourth-order valence-electron chi connectivity index (χ4n) is 3.19. The van der Waals surface area contributed by atoms with E-state index in [1.165, 1.54) is 12.1 Å². The van der Waals surface area contributed by atoms with Crippen LogP contribution in [0.4, 0.5) is 4.39 Å². The standard InChI is InChI=1S/C22H20ClFN4.CH3NO/c1-15(17-6-8-18(23)9-7-17)26-13-21-27-20-3-2-12-25-22(20)28(21)14-16-4-10-19(24)11-5-16;2-1-3/h2-12,15,26H,13-14H2,1H3;1H,(H2,2,3). The molecular weight excluding hydrogens is 417 g/mol. The second-order valence-electron chi connectivity index (χ2n) is 6.88. The monoisotopic (exact) mass is 439 g/mol. The van der Waals surface area contributed by atoms with Crippen LogP contribution >= 0.6 is 11.6 Å². The topological polar surface area (TPSA) is 85.8 Å². The molecule has 1 atom stereocenters. The number of aromatic nitrogens is 3. The number of imidazole rings is 1. The number of primary amides is 1. The molecule has 4 aromatic rings. The van der Waals surface area contributed by atoms with E-state index in [1.54, 1.807) is 18.3 Å². The van der Waals surface area contributed by atoms with Gasteiger partial charge in [0.2, 0.25) is 6.41 Å². The fraction of sp³-hybridized carbons (Fsp3) is 0.174. The van der Waals surface area contributed by atoms with Gasteiger partial charge < -0.3 is 15.6 Å². The Kier molecular flexibility index (Phi) is 7.70. The molecule has 2 heterocycles. The second kappa shape index (κ2) is 10.7. The summed E-state index contributed by atoms with van der Waals surface area (Å²) in [5.41, 5.74) is 7.99. The number of amides is 1. The summed E-state index contributed by atoms with van der Waals surface area (Å²) in [5, 5.41) is 4.24. The number of nitrogens with two attached hydrogens (primary N) is 1. The zero-order valence-corrected chi connectivity index (χ0v) is 17.8. The van der Waals surface area contributed by atoms with Crippen LogP contribution in [0.3, 0.4) is 0 Å². The molecule has 160 valence electrons. The summed E-state index contributed by atoms with van der Waals surface area (Å²) in [4.78, 5) is 17.8. The molecule has 6 nitrogen and oxygen atoms in total. The highest BCUT2D eigenvalue weighted by molar-refractivity contribution is 6.30. The van der Waals surface area contributed by atoms with Crippen molar-refractivity contribution in [2.24, 2.45) is 5.73 Å². The molecule has 0 fully saturated rings. The number of carbonyl (C=O) groups is 1. The molecule has 0 aliphatic rings. The average molecular weight is 440 g/mol. The summed E-state index contributed by atoms with van der Waals surface area (Å²) in [5.74, 6) is 0.648. The lowest BCUT2D eigenvalue weighted by atomic mass is 10.1. The lowest BCUT2D eigenvalue weighted by molar-refractivity contribution is -0.106. The Bertz CT molecular complexity index is 1130. The largest absolute Gasteiger partial charge is 0.372 e.